The van der Waals surface area contributed by atoms with Gasteiger partial charge in [-0.3, -0.25) is 4.79 Å². The molecule has 1 aliphatic rings. The highest BCUT2D eigenvalue weighted by Gasteiger charge is 2.32. The van der Waals surface area contributed by atoms with Crippen LogP contribution in [0.3, 0.4) is 0 Å². The van der Waals surface area contributed by atoms with Gasteiger partial charge in [0.1, 0.15) is 24.5 Å². The molecule has 0 N–H and O–H groups in total. The highest BCUT2D eigenvalue weighted by Crippen LogP contribution is 2.23. The summed E-state index contributed by atoms with van der Waals surface area (Å²) in [5, 5.41) is 12.7. The second-order valence-electron chi connectivity index (χ2n) is 6.60. The van der Waals surface area contributed by atoms with Crippen molar-refractivity contribution in [3.05, 3.63) is 24.3 Å². The zero-order valence-electron chi connectivity index (χ0n) is 14.0. The SMILES string of the molecule is CC(C)c1nnc2n1CCN(C(=O)C(C(C)C)n1cncn1)C2. The summed E-state index contributed by atoms with van der Waals surface area (Å²) in [5.41, 5.74) is 0. The Bertz CT molecular complexity index is 674. The van der Waals surface area contributed by atoms with Crippen LogP contribution in [0.1, 0.15) is 51.3 Å². The van der Waals surface area contributed by atoms with E-state index in [2.05, 4.69) is 38.7 Å². The molecule has 0 saturated heterocycles. The first-order valence-corrected chi connectivity index (χ1v) is 8.04. The van der Waals surface area contributed by atoms with Gasteiger partial charge in [-0.05, 0) is 5.92 Å². The van der Waals surface area contributed by atoms with Gasteiger partial charge < -0.3 is 9.47 Å². The van der Waals surface area contributed by atoms with Crippen LogP contribution in [-0.2, 0) is 17.9 Å². The van der Waals surface area contributed by atoms with Crippen molar-refractivity contribution in [2.24, 2.45) is 5.92 Å². The smallest absolute Gasteiger partial charge is 0.248 e. The second kappa shape index (κ2) is 6.10. The number of hydrogen-bond donors (Lipinski definition) is 0. The molecular formula is C15H23N7O. The van der Waals surface area contributed by atoms with Crippen LogP contribution in [0.4, 0.5) is 0 Å². The van der Waals surface area contributed by atoms with Gasteiger partial charge in [0.25, 0.3) is 0 Å². The minimum absolute atomic E-state index is 0.0610. The molecule has 124 valence electrons. The molecule has 1 unspecified atom stereocenters. The molecule has 8 heteroatoms. The molecule has 0 spiro atoms. The Labute approximate surface area is 135 Å². The zero-order valence-corrected chi connectivity index (χ0v) is 14.0. The van der Waals surface area contributed by atoms with Gasteiger partial charge in [0.2, 0.25) is 5.91 Å². The predicted molar refractivity (Wildman–Crippen MR) is 83.4 cm³/mol. The zero-order chi connectivity index (χ0) is 16.6. The maximum Gasteiger partial charge on any atom is 0.248 e. The van der Waals surface area contributed by atoms with Gasteiger partial charge in [0.15, 0.2) is 5.82 Å². The molecule has 0 bridgehead atoms. The molecule has 0 radical (unpaired) electrons. The lowest BCUT2D eigenvalue weighted by molar-refractivity contribution is -0.138. The van der Waals surface area contributed by atoms with E-state index in [1.54, 1.807) is 11.0 Å². The molecule has 8 nitrogen and oxygen atoms in total. The fourth-order valence-corrected chi connectivity index (χ4v) is 3.05. The van der Waals surface area contributed by atoms with Gasteiger partial charge in [-0.25, -0.2) is 9.67 Å². The van der Waals surface area contributed by atoms with E-state index in [0.717, 1.165) is 18.2 Å². The normalized spacial score (nSPS) is 16.0. The summed E-state index contributed by atoms with van der Waals surface area (Å²) in [6.07, 6.45) is 3.07. The summed E-state index contributed by atoms with van der Waals surface area (Å²) in [6, 6.07) is -0.337. The van der Waals surface area contributed by atoms with Crippen LogP contribution in [0, 0.1) is 5.92 Å². The average molecular weight is 317 g/mol. The Kier molecular flexibility index (Phi) is 4.14. The fraction of sp³-hybridized carbons (Fsp3) is 0.667. The molecule has 0 aromatic carbocycles. The lowest BCUT2D eigenvalue weighted by Gasteiger charge is -2.32. The second-order valence-corrected chi connectivity index (χ2v) is 6.60. The number of hydrogen-bond acceptors (Lipinski definition) is 5. The number of carbonyl (C=O) groups excluding carboxylic acids is 1. The number of nitrogens with zero attached hydrogens (tertiary/aromatic N) is 7. The number of rotatable bonds is 4. The fourth-order valence-electron chi connectivity index (χ4n) is 3.05. The van der Waals surface area contributed by atoms with E-state index in [-0.39, 0.29) is 17.9 Å². The Morgan fingerprint density at radius 3 is 2.57 bits per heavy atom. The Morgan fingerprint density at radius 1 is 1.17 bits per heavy atom. The van der Waals surface area contributed by atoms with Crippen molar-refractivity contribution in [1.82, 2.24) is 34.4 Å². The van der Waals surface area contributed by atoms with Crippen LogP contribution in [0.5, 0.6) is 0 Å². The van der Waals surface area contributed by atoms with E-state index in [0.29, 0.717) is 19.0 Å². The molecule has 2 aromatic heterocycles. The van der Waals surface area contributed by atoms with Crippen molar-refractivity contribution in [3.63, 3.8) is 0 Å². The van der Waals surface area contributed by atoms with E-state index in [4.69, 9.17) is 0 Å². The van der Waals surface area contributed by atoms with Crippen LogP contribution in [-0.4, -0.2) is 46.9 Å². The Morgan fingerprint density at radius 2 is 1.96 bits per heavy atom. The maximum atomic E-state index is 13.0. The molecule has 3 rings (SSSR count). The van der Waals surface area contributed by atoms with Crippen LogP contribution in [0.15, 0.2) is 12.7 Å². The lowest BCUT2D eigenvalue weighted by Crippen LogP contribution is -2.44. The third-order valence-electron chi connectivity index (χ3n) is 4.22. The van der Waals surface area contributed by atoms with Gasteiger partial charge in [0.05, 0.1) is 6.54 Å². The van der Waals surface area contributed by atoms with Gasteiger partial charge in [-0.2, -0.15) is 5.10 Å². The van der Waals surface area contributed by atoms with Gasteiger partial charge in [0, 0.05) is 19.0 Å². The maximum absolute atomic E-state index is 13.0. The third kappa shape index (κ3) is 2.85. The van der Waals surface area contributed by atoms with E-state index in [9.17, 15) is 4.79 Å². The lowest BCUT2D eigenvalue weighted by atomic mass is 10.0. The largest absolute Gasteiger partial charge is 0.331 e. The molecule has 23 heavy (non-hydrogen) atoms. The number of fused-ring (bicyclic) bond motifs is 1. The summed E-state index contributed by atoms with van der Waals surface area (Å²) in [4.78, 5) is 18.8. The van der Waals surface area contributed by atoms with E-state index in [1.165, 1.54) is 6.33 Å². The minimum Gasteiger partial charge on any atom is -0.331 e. The quantitative estimate of drug-likeness (QED) is 0.847. The first kappa shape index (κ1) is 15.6. The first-order chi connectivity index (χ1) is 11.0. The molecule has 0 aliphatic carbocycles. The third-order valence-corrected chi connectivity index (χ3v) is 4.22. The molecule has 0 fully saturated rings. The van der Waals surface area contributed by atoms with Crippen LogP contribution < -0.4 is 0 Å². The van der Waals surface area contributed by atoms with Crippen LogP contribution in [0.2, 0.25) is 0 Å². The summed E-state index contributed by atoms with van der Waals surface area (Å²) in [6.45, 7) is 10.2. The first-order valence-electron chi connectivity index (χ1n) is 8.04. The topological polar surface area (TPSA) is 81.7 Å². The van der Waals surface area contributed by atoms with Crippen molar-refractivity contribution in [2.45, 2.75) is 52.7 Å². The van der Waals surface area contributed by atoms with Crippen molar-refractivity contribution in [3.8, 4) is 0 Å². The number of aromatic nitrogens is 6. The van der Waals surface area contributed by atoms with Crippen molar-refractivity contribution in [2.75, 3.05) is 6.54 Å². The van der Waals surface area contributed by atoms with Gasteiger partial charge in [-0.1, -0.05) is 27.7 Å². The summed E-state index contributed by atoms with van der Waals surface area (Å²) in [7, 11) is 0. The summed E-state index contributed by atoms with van der Waals surface area (Å²) < 4.78 is 3.78. The average Bonchev–Trinajstić information content (AvgIpc) is 3.15. The van der Waals surface area contributed by atoms with E-state index < -0.39 is 0 Å². The Hall–Kier alpha value is -2.25. The van der Waals surface area contributed by atoms with Gasteiger partial charge >= 0.3 is 0 Å². The van der Waals surface area contributed by atoms with Crippen molar-refractivity contribution in [1.29, 1.82) is 0 Å². The molecule has 1 amide bonds. The highest BCUT2D eigenvalue weighted by atomic mass is 16.2. The van der Waals surface area contributed by atoms with E-state index >= 15 is 0 Å². The van der Waals surface area contributed by atoms with Crippen molar-refractivity contribution >= 4 is 5.91 Å². The molecule has 3 heterocycles. The van der Waals surface area contributed by atoms with Gasteiger partial charge in [-0.15, -0.1) is 10.2 Å². The molecular weight excluding hydrogens is 294 g/mol. The summed E-state index contributed by atoms with van der Waals surface area (Å²) >= 11 is 0. The molecule has 1 atom stereocenters. The summed E-state index contributed by atoms with van der Waals surface area (Å²) in [5.74, 6) is 2.37. The predicted octanol–water partition coefficient (Wildman–Crippen LogP) is 1.23. The highest BCUT2D eigenvalue weighted by molar-refractivity contribution is 5.80. The molecule has 0 saturated carbocycles. The standard InChI is InChI=1S/C15H23N7O/c1-10(2)13(22-9-16-8-17-22)15(23)20-5-6-21-12(7-20)18-19-14(21)11(3)4/h8-11,13H,5-7H2,1-4H3. The molecule has 1 aliphatic heterocycles. The minimum atomic E-state index is -0.337. The van der Waals surface area contributed by atoms with Crippen LogP contribution in [0.25, 0.3) is 0 Å². The molecule has 2 aromatic rings. The Balaban J connectivity index is 1.81. The number of amides is 1. The van der Waals surface area contributed by atoms with Crippen LogP contribution >= 0.6 is 0 Å². The monoisotopic (exact) mass is 317 g/mol. The number of carbonyl (C=O) groups is 1. The van der Waals surface area contributed by atoms with E-state index in [1.807, 2.05) is 18.7 Å². The van der Waals surface area contributed by atoms with Crippen molar-refractivity contribution < 1.29 is 4.79 Å².